The van der Waals surface area contributed by atoms with Gasteiger partial charge in [-0.05, 0) is 36.1 Å². The Morgan fingerprint density at radius 2 is 2.00 bits per heavy atom. The Morgan fingerprint density at radius 1 is 1.25 bits per heavy atom. The largest absolute Gasteiger partial charge is 0.477 e. The highest BCUT2D eigenvalue weighted by Crippen LogP contribution is 2.28. The smallest absolute Gasteiger partial charge is 0.354 e. The molecule has 1 aromatic heterocycles. The molecule has 0 bridgehead atoms. The third kappa shape index (κ3) is 3.15. The van der Waals surface area contributed by atoms with Crippen molar-refractivity contribution in [3.8, 4) is 11.5 Å². The van der Waals surface area contributed by atoms with Crippen molar-refractivity contribution in [1.29, 1.82) is 0 Å². The number of pyridine rings is 1. The van der Waals surface area contributed by atoms with Crippen LogP contribution in [0.1, 0.15) is 41.4 Å². The lowest BCUT2D eigenvalue weighted by molar-refractivity contribution is 0.0690. The fraction of sp³-hybridized carbons (Fsp3) is 0.250. The van der Waals surface area contributed by atoms with Crippen molar-refractivity contribution < 1.29 is 14.6 Å². The predicted octanol–water partition coefficient (Wildman–Crippen LogP) is 4.00. The van der Waals surface area contributed by atoms with E-state index in [1.165, 1.54) is 17.8 Å². The molecule has 0 aliphatic rings. The van der Waals surface area contributed by atoms with Gasteiger partial charge in [0.2, 0.25) is 0 Å². The Balaban J connectivity index is 2.32. The Bertz CT molecular complexity index is 635. The molecule has 0 atom stereocenters. The van der Waals surface area contributed by atoms with E-state index in [0.29, 0.717) is 11.7 Å². The van der Waals surface area contributed by atoms with Gasteiger partial charge < -0.3 is 9.84 Å². The molecule has 0 spiro atoms. The molecule has 2 rings (SSSR count). The Morgan fingerprint density at radius 3 is 2.65 bits per heavy atom. The van der Waals surface area contributed by atoms with Crippen LogP contribution in [0.3, 0.4) is 0 Å². The molecular formula is C16H17NO3. The number of carboxylic acids is 1. The Kier molecular flexibility index (Phi) is 4.03. The highest BCUT2D eigenvalue weighted by Gasteiger charge is 2.09. The maximum Gasteiger partial charge on any atom is 0.354 e. The second-order valence-corrected chi connectivity index (χ2v) is 4.96. The summed E-state index contributed by atoms with van der Waals surface area (Å²) in [5, 5.41) is 8.93. The summed E-state index contributed by atoms with van der Waals surface area (Å²) >= 11 is 0. The molecule has 1 N–H and O–H groups in total. The summed E-state index contributed by atoms with van der Waals surface area (Å²) in [5.41, 5.74) is 2.15. The van der Waals surface area contributed by atoms with Gasteiger partial charge >= 0.3 is 5.97 Å². The minimum Gasteiger partial charge on any atom is -0.477 e. The second-order valence-electron chi connectivity index (χ2n) is 4.96. The normalized spacial score (nSPS) is 10.6. The lowest BCUT2D eigenvalue weighted by Gasteiger charge is -2.12. The van der Waals surface area contributed by atoms with Crippen molar-refractivity contribution >= 4 is 5.97 Å². The van der Waals surface area contributed by atoms with Gasteiger partial charge in [-0.2, -0.15) is 0 Å². The van der Waals surface area contributed by atoms with Crippen LogP contribution in [0.25, 0.3) is 0 Å². The Labute approximate surface area is 118 Å². The molecule has 0 saturated carbocycles. The van der Waals surface area contributed by atoms with Gasteiger partial charge in [-0.15, -0.1) is 0 Å². The minimum absolute atomic E-state index is 0.0276. The average molecular weight is 271 g/mol. The molecule has 4 heteroatoms. The number of hydrogen-bond acceptors (Lipinski definition) is 3. The van der Waals surface area contributed by atoms with Crippen molar-refractivity contribution in [2.24, 2.45) is 0 Å². The molecule has 104 valence electrons. The van der Waals surface area contributed by atoms with Gasteiger partial charge in [0, 0.05) is 12.3 Å². The van der Waals surface area contributed by atoms with Gasteiger partial charge in [0.05, 0.1) is 0 Å². The number of rotatable bonds is 4. The van der Waals surface area contributed by atoms with Crippen LogP contribution in [-0.2, 0) is 0 Å². The predicted molar refractivity (Wildman–Crippen MR) is 76.5 cm³/mol. The Hall–Kier alpha value is -2.36. The van der Waals surface area contributed by atoms with Crippen LogP contribution in [-0.4, -0.2) is 16.1 Å². The number of nitrogens with zero attached hydrogens (tertiary/aromatic N) is 1. The van der Waals surface area contributed by atoms with Gasteiger partial charge in [-0.1, -0.05) is 26.0 Å². The van der Waals surface area contributed by atoms with E-state index in [1.54, 1.807) is 6.07 Å². The van der Waals surface area contributed by atoms with Crippen molar-refractivity contribution in [2.45, 2.75) is 26.7 Å². The first kappa shape index (κ1) is 14.1. The van der Waals surface area contributed by atoms with E-state index in [1.807, 2.05) is 19.1 Å². The van der Waals surface area contributed by atoms with Crippen LogP contribution in [0.15, 0.2) is 36.5 Å². The molecule has 0 saturated heterocycles. The van der Waals surface area contributed by atoms with Crippen molar-refractivity contribution in [3.05, 3.63) is 53.3 Å². The molecule has 0 fully saturated rings. The minimum atomic E-state index is -1.07. The summed E-state index contributed by atoms with van der Waals surface area (Å²) in [6.45, 7) is 6.19. The second kappa shape index (κ2) is 5.74. The topological polar surface area (TPSA) is 59.4 Å². The van der Waals surface area contributed by atoms with E-state index in [9.17, 15) is 4.79 Å². The zero-order valence-electron chi connectivity index (χ0n) is 11.8. The van der Waals surface area contributed by atoms with Gasteiger partial charge in [0.1, 0.15) is 11.5 Å². The molecule has 0 radical (unpaired) electrons. The molecule has 0 amide bonds. The summed E-state index contributed by atoms with van der Waals surface area (Å²) in [6, 6.07) is 9.13. The number of carboxylic acid groups (broad SMARTS) is 1. The number of aryl methyl sites for hydroxylation is 1. The summed E-state index contributed by atoms with van der Waals surface area (Å²) < 4.78 is 5.79. The molecule has 0 aliphatic carbocycles. The standard InChI is InChI=1S/C16H17NO3/c1-10(2)12-5-4-11(3)15(8-12)20-13-6-7-17-14(9-13)16(18)19/h4-10H,1-3H3,(H,18,19). The van der Waals surface area contributed by atoms with Crippen LogP contribution < -0.4 is 4.74 Å². The number of ether oxygens (including phenoxy) is 1. The fourth-order valence-electron chi connectivity index (χ4n) is 1.80. The SMILES string of the molecule is Cc1ccc(C(C)C)cc1Oc1ccnc(C(=O)O)c1. The van der Waals surface area contributed by atoms with Gasteiger partial charge in [0.15, 0.2) is 5.69 Å². The molecule has 1 heterocycles. The van der Waals surface area contributed by atoms with Crippen LogP contribution >= 0.6 is 0 Å². The zero-order chi connectivity index (χ0) is 14.7. The third-order valence-corrected chi connectivity index (χ3v) is 3.06. The molecule has 2 aromatic rings. The number of benzene rings is 1. The van der Waals surface area contributed by atoms with Crippen LogP contribution in [0.2, 0.25) is 0 Å². The first-order chi connectivity index (χ1) is 9.47. The first-order valence-corrected chi connectivity index (χ1v) is 6.45. The quantitative estimate of drug-likeness (QED) is 0.912. The highest BCUT2D eigenvalue weighted by molar-refractivity contribution is 5.85. The van der Waals surface area contributed by atoms with Crippen LogP contribution in [0.4, 0.5) is 0 Å². The molecule has 0 aliphatic heterocycles. The number of aromatic nitrogens is 1. The summed E-state index contributed by atoms with van der Waals surface area (Å²) in [5.74, 6) is 0.549. The number of hydrogen-bond donors (Lipinski definition) is 1. The van der Waals surface area contributed by atoms with Crippen LogP contribution in [0.5, 0.6) is 11.5 Å². The van der Waals surface area contributed by atoms with Gasteiger partial charge in [-0.3, -0.25) is 0 Å². The lowest BCUT2D eigenvalue weighted by Crippen LogP contribution is -2.00. The summed E-state index contributed by atoms with van der Waals surface area (Å²) in [6.07, 6.45) is 1.43. The van der Waals surface area contributed by atoms with Crippen LogP contribution in [0, 0.1) is 6.92 Å². The zero-order valence-corrected chi connectivity index (χ0v) is 11.8. The maximum atomic E-state index is 10.9. The van der Waals surface area contributed by atoms with E-state index >= 15 is 0 Å². The number of carbonyl (C=O) groups is 1. The van der Waals surface area contributed by atoms with Crippen molar-refractivity contribution in [2.75, 3.05) is 0 Å². The fourth-order valence-corrected chi connectivity index (χ4v) is 1.80. The summed E-state index contributed by atoms with van der Waals surface area (Å²) in [7, 11) is 0. The monoisotopic (exact) mass is 271 g/mol. The van der Waals surface area contributed by atoms with E-state index in [2.05, 4.69) is 24.9 Å². The number of aromatic carboxylic acids is 1. The van der Waals surface area contributed by atoms with Crippen molar-refractivity contribution in [3.63, 3.8) is 0 Å². The third-order valence-electron chi connectivity index (χ3n) is 3.06. The van der Waals surface area contributed by atoms with E-state index in [0.717, 1.165) is 11.3 Å². The molecule has 0 unspecified atom stereocenters. The maximum absolute atomic E-state index is 10.9. The van der Waals surface area contributed by atoms with E-state index < -0.39 is 5.97 Å². The molecule has 4 nitrogen and oxygen atoms in total. The first-order valence-electron chi connectivity index (χ1n) is 6.45. The highest BCUT2D eigenvalue weighted by atomic mass is 16.5. The van der Waals surface area contributed by atoms with E-state index in [4.69, 9.17) is 9.84 Å². The van der Waals surface area contributed by atoms with Gasteiger partial charge in [0.25, 0.3) is 0 Å². The van der Waals surface area contributed by atoms with E-state index in [-0.39, 0.29) is 5.69 Å². The summed E-state index contributed by atoms with van der Waals surface area (Å²) in [4.78, 5) is 14.7. The average Bonchev–Trinajstić information content (AvgIpc) is 2.41. The van der Waals surface area contributed by atoms with Crippen molar-refractivity contribution in [1.82, 2.24) is 4.98 Å². The van der Waals surface area contributed by atoms with Gasteiger partial charge in [-0.25, -0.2) is 9.78 Å². The molecular weight excluding hydrogens is 254 g/mol. The lowest BCUT2D eigenvalue weighted by atomic mass is 10.0. The molecule has 1 aromatic carbocycles. The molecule has 20 heavy (non-hydrogen) atoms.